The van der Waals surface area contributed by atoms with E-state index in [0.29, 0.717) is 17.1 Å². The predicted molar refractivity (Wildman–Crippen MR) is 133 cm³/mol. The van der Waals surface area contributed by atoms with Crippen LogP contribution in [0.25, 0.3) is 21.7 Å². The van der Waals surface area contributed by atoms with Crippen LogP contribution in [-0.2, 0) is 16.1 Å². The van der Waals surface area contributed by atoms with E-state index in [-0.39, 0.29) is 19.2 Å². The molecule has 34 heavy (non-hydrogen) atoms. The van der Waals surface area contributed by atoms with Crippen molar-refractivity contribution in [3.05, 3.63) is 71.9 Å². The van der Waals surface area contributed by atoms with Gasteiger partial charge in [-0.05, 0) is 38.5 Å². The quantitative estimate of drug-likeness (QED) is 0.225. The first-order chi connectivity index (χ1) is 16.5. The standard InChI is InChI=1S/C28H29NO5/c1-4-6-16-29-19(3)26(28(31)32-5-2)23-17-24(21-14-10-11-15-22(21)27(23)29)34-25(30)18-33-20-12-8-7-9-13-20/h7-15,17H,4-6,16,18H2,1-3H3. The van der Waals surface area contributed by atoms with Crippen LogP contribution in [0.15, 0.2) is 60.7 Å². The van der Waals surface area contributed by atoms with E-state index in [2.05, 4.69) is 11.5 Å². The van der Waals surface area contributed by atoms with Crippen LogP contribution >= 0.6 is 0 Å². The highest BCUT2D eigenvalue weighted by Crippen LogP contribution is 2.38. The van der Waals surface area contributed by atoms with E-state index in [0.717, 1.165) is 46.8 Å². The Balaban J connectivity index is 1.80. The fourth-order valence-electron chi connectivity index (χ4n) is 4.26. The molecule has 0 amide bonds. The summed E-state index contributed by atoms with van der Waals surface area (Å²) < 4.78 is 18.9. The van der Waals surface area contributed by atoms with Crippen molar-refractivity contribution >= 4 is 33.6 Å². The van der Waals surface area contributed by atoms with E-state index in [1.807, 2.05) is 49.4 Å². The zero-order chi connectivity index (χ0) is 24.1. The van der Waals surface area contributed by atoms with Gasteiger partial charge in [0, 0.05) is 28.4 Å². The van der Waals surface area contributed by atoms with Gasteiger partial charge < -0.3 is 18.8 Å². The minimum atomic E-state index is -0.520. The number of carbonyl (C=O) groups is 2. The second-order valence-electron chi connectivity index (χ2n) is 8.08. The minimum absolute atomic E-state index is 0.225. The summed E-state index contributed by atoms with van der Waals surface area (Å²) in [6, 6.07) is 18.7. The fourth-order valence-corrected chi connectivity index (χ4v) is 4.26. The van der Waals surface area contributed by atoms with Crippen molar-refractivity contribution in [1.29, 1.82) is 0 Å². The van der Waals surface area contributed by atoms with Crippen molar-refractivity contribution in [3.8, 4) is 11.5 Å². The maximum atomic E-state index is 12.9. The van der Waals surface area contributed by atoms with E-state index in [1.165, 1.54) is 0 Å². The van der Waals surface area contributed by atoms with Crippen LogP contribution < -0.4 is 9.47 Å². The average Bonchev–Trinajstić information content (AvgIpc) is 3.13. The third kappa shape index (κ3) is 4.62. The summed E-state index contributed by atoms with van der Waals surface area (Å²) in [5.74, 6) is 0.0873. The van der Waals surface area contributed by atoms with Crippen LogP contribution in [0.1, 0.15) is 42.7 Å². The van der Waals surface area contributed by atoms with E-state index in [1.54, 1.807) is 25.1 Å². The lowest BCUT2D eigenvalue weighted by Crippen LogP contribution is -2.17. The Kier molecular flexibility index (Phi) is 7.16. The van der Waals surface area contributed by atoms with Crippen molar-refractivity contribution in [2.24, 2.45) is 0 Å². The maximum absolute atomic E-state index is 12.9. The number of carbonyl (C=O) groups excluding carboxylic acids is 2. The Morgan fingerprint density at radius 2 is 1.62 bits per heavy atom. The topological polar surface area (TPSA) is 66.8 Å². The third-order valence-electron chi connectivity index (χ3n) is 5.82. The van der Waals surface area contributed by atoms with Crippen molar-refractivity contribution in [3.63, 3.8) is 0 Å². The highest BCUT2D eigenvalue weighted by Gasteiger charge is 2.24. The molecule has 0 aliphatic rings. The molecule has 0 radical (unpaired) electrons. The minimum Gasteiger partial charge on any atom is -0.482 e. The molecule has 1 heterocycles. The van der Waals surface area contributed by atoms with Gasteiger partial charge in [0.05, 0.1) is 17.7 Å². The molecule has 0 bridgehead atoms. The van der Waals surface area contributed by atoms with Gasteiger partial charge in [-0.25, -0.2) is 9.59 Å². The second-order valence-corrected chi connectivity index (χ2v) is 8.08. The monoisotopic (exact) mass is 459 g/mol. The number of nitrogens with zero attached hydrogens (tertiary/aromatic N) is 1. The number of para-hydroxylation sites is 1. The number of aromatic nitrogens is 1. The number of unbranched alkanes of at least 4 members (excludes halogenated alkanes) is 1. The molecule has 0 atom stereocenters. The number of hydrogen-bond acceptors (Lipinski definition) is 5. The zero-order valence-electron chi connectivity index (χ0n) is 19.8. The van der Waals surface area contributed by atoms with Crippen LogP contribution in [0.2, 0.25) is 0 Å². The molecule has 4 aromatic rings. The molecule has 0 N–H and O–H groups in total. The highest BCUT2D eigenvalue weighted by atomic mass is 16.6. The number of benzene rings is 3. The summed E-state index contributed by atoms with van der Waals surface area (Å²) in [7, 11) is 0. The fraction of sp³-hybridized carbons (Fsp3) is 0.286. The van der Waals surface area contributed by atoms with Gasteiger partial charge in [-0.15, -0.1) is 0 Å². The van der Waals surface area contributed by atoms with Gasteiger partial charge in [0.15, 0.2) is 6.61 Å². The number of hydrogen-bond donors (Lipinski definition) is 0. The molecular weight excluding hydrogens is 430 g/mol. The lowest BCUT2D eigenvalue weighted by molar-refractivity contribution is -0.136. The summed E-state index contributed by atoms with van der Waals surface area (Å²) in [5, 5.41) is 2.44. The third-order valence-corrected chi connectivity index (χ3v) is 5.82. The number of aryl methyl sites for hydroxylation is 1. The SMILES string of the molecule is CCCCn1c(C)c(C(=O)OCC)c2cc(OC(=O)COc3ccccc3)c3ccccc3c21. The molecule has 176 valence electrons. The Labute approximate surface area is 199 Å². The van der Waals surface area contributed by atoms with Gasteiger partial charge >= 0.3 is 11.9 Å². The summed E-state index contributed by atoms with van der Waals surface area (Å²) in [5.41, 5.74) is 2.31. The summed E-state index contributed by atoms with van der Waals surface area (Å²) in [4.78, 5) is 25.6. The molecule has 0 unspecified atom stereocenters. The number of fused-ring (bicyclic) bond motifs is 3. The van der Waals surface area contributed by atoms with E-state index in [9.17, 15) is 9.59 Å². The van der Waals surface area contributed by atoms with Crippen LogP contribution in [0.5, 0.6) is 11.5 Å². The molecule has 1 aromatic heterocycles. The zero-order valence-corrected chi connectivity index (χ0v) is 19.8. The Hall–Kier alpha value is -3.80. The first-order valence-corrected chi connectivity index (χ1v) is 11.6. The molecule has 0 aliphatic heterocycles. The molecule has 0 aliphatic carbocycles. The molecule has 0 saturated carbocycles. The van der Waals surface area contributed by atoms with Crippen molar-refractivity contribution < 1.29 is 23.8 Å². The van der Waals surface area contributed by atoms with Gasteiger partial charge in [0.2, 0.25) is 0 Å². The molecule has 4 rings (SSSR count). The largest absolute Gasteiger partial charge is 0.482 e. The van der Waals surface area contributed by atoms with Crippen LogP contribution in [-0.4, -0.2) is 29.7 Å². The van der Waals surface area contributed by atoms with Crippen LogP contribution in [0.4, 0.5) is 0 Å². The Bertz CT molecular complexity index is 1320. The Morgan fingerprint density at radius 3 is 2.32 bits per heavy atom. The predicted octanol–water partition coefficient (Wildman–Crippen LogP) is 6.06. The van der Waals surface area contributed by atoms with Gasteiger partial charge in [-0.3, -0.25) is 0 Å². The smallest absolute Gasteiger partial charge is 0.349 e. The van der Waals surface area contributed by atoms with Gasteiger partial charge in [0.1, 0.15) is 11.5 Å². The van der Waals surface area contributed by atoms with Gasteiger partial charge in [-0.1, -0.05) is 55.8 Å². The van der Waals surface area contributed by atoms with Crippen molar-refractivity contribution in [2.45, 2.75) is 40.2 Å². The van der Waals surface area contributed by atoms with Crippen LogP contribution in [0.3, 0.4) is 0 Å². The summed E-state index contributed by atoms with van der Waals surface area (Å²) >= 11 is 0. The molecule has 0 spiro atoms. The van der Waals surface area contributed by atoms with E-state index in [4.69, 9.17) is 14.2 Å². The first-order valence-electron chi connectivity index (χ1n) is 11.6. The molecule has 6 nitrogen and oxygen atoms in total. The molecular formula is C28H29NO5. The molecule has 0 fully saturated rings. The average molecular weight is 460 g/mol. The number of ether oxygens (including phenoxy) is 3. The van der Waals surface area contributed by atoms with Gasteiger partial charge in [0.25, 0.3) is 0 Å². The summed E-state index contributed by atoms with van der Waals surface area (Å²) in [6.07, 6.45) is 2.01. The van der Waals surface area contributed by atoms with Crippen molar-refractivity contribution in [2.75, 3.05) is 13.2 Å². The maximum Gasteiger partial charge on any atom is 0.349 e. The van der Waals surface area contributed by atoms with Crippen molar-refractivity contribution in [1.82, 2.24) is 4.57 Å². The van der Waals surface area contributed by atoms with Gasteiger partial charge in [-0.2, -0.15) is 0 Å². The normalized spacial score (nSPS) is 11.0. The molecule has 0 saturated heterocycles. The van der Waals surface area contributed by atoms with E-state index >= 15 is 0 Å². The van der Waals surface area contributed by atoms with E-state index < -0.39 is 5.97 Å². The molecule has 3 aromatic carbocycles. The number of rotatable bonds is 9. The highest BCUT2D eigenvalue weighted by molar-refractivity contribution is 6.16. The lowest BCUT2D eigenvalue weighted by Gasteiger charge is -2.13. The second kappa shape index (κ2) is 10.4. The Morgan fingerprint density at radius 1 is 0.912 bits per heavy atom. The first kappa shape index (κ1) is 23.4. The summed E-state index contributed by atoms with van der Waals surface area (Å²) in [6.45, 7) is 6.71. The number of esters is 2. The molecule has 6 heteroatoms. The van der Waals surface area contributed by atoms with Crippen LogP contribution in [0, 0.1) is 6.92 Å². The lowest BCUT2D eigenvalue weighted by atomic mass is 10.0.